The Morgan fingerprint density at radius 2 is 1.86 bits per heavy atom. The molecule has 0 unspecified atom stereocenters. The van der Waals surface area contributed by atoms with Gasteiger partial charge in [0.25, 0.3) is 11.8 Å². The summed E-state index contributed by atoms with van der Waals surface area (Å²) in [5, 5.41) is 2.84. The minimum atomic E-state index is -0.305. The van der Waals surface area contributed by atoms with Crippen LogP contribution in [-0.2, 0) is 4.79 Å². The maximum absolute atomic E-state index is 12.7. The second-order valence-corrected chi connectivity index (χ2v) is 6.98. The fourth-order valence-electron chi connectivity index (χ4n) is 3.02. The summed E-state index contributed by atoms with van der Waals surface area (Å²) < 4.78 is 5.54. The number of piperidine rings is 1. The molecule has 1 aliphatic heterocycles. The molecule has 2 aromatic rings. The number of anilines is 2. The first-order chi connectivity index (χ1) is 13.5. The third kappa shape index (κ3) is 5.00. The van der Waals surface area contributed by atoms with Crippen LogP contribution in [0, 0.1) is 0 Å². The summed E-state index contributed by atoms with van der Waals surface area (Å²) in [6.07, 6.45) is 5.31. The van der Waals surface area contributed by atoms with E-state index < -0.39 is 0 Å². The number of likely N-dealkylation sites (N-methyl/N-ethyl adjacent to an activating group) is 1. The van der Waals surface area contributed by atoms with E-state index in [1.807, 2.05) is 12.1 Å². The Kier molecular flexibility index (Phi) is 6.47. The fourth-order valence-corrected chi connectivity index (χ4v) is 3.02. The molecule has 1 aromatic heterocycles. The number of hydrogen-bond acceptors (Lipinski definition) is 5. The average molecular weight is 382 g/mol. The molecule has 28 heavy (non-hydrogen) atoms. The van der Waals surface area contributed by atoms with Crippen molar-refractivity contribution >= 4 is 23.3 Å². The number of para-hydroxylation sites is 1. The first kappa shape index (κ1) is 19.7. The molecule has 3 rings (SSSR count). The Morgan fingerprint density at radius 3 is 2.54 bits per heavy atom. The lowest BCUT2D eigenvalue weighted by atomic mass is 10.1. The number of rotatable bonds is 6. The van der Waals surface area contributed by atoms with Crippen LogP contribution in [0.5, 0.6) is 5.75 Å². The SMILES string of the molecule is CN(C)C(=O)COc1ccccc1C(=O)Nc1ccc(N2CCCCC2)nc1. The number of hydrogen-bond donors (Lipinski definition) is 1. The van der Waals surface area contributed by atoms with Crippen LogP contribution in [0.2, 0.25) is 0 Å². The number of carbonyl (C=O) groups excluding carboxylic acids is 2. The van der Waals surface area contributed by atoms with Crippen molar-refractivity contribution in [2.24, 2.45) is 0 Å². The van der Waals surface area contributed by atoms with Gasteiger partial charge in [-0.15, -0.1) is 0 Å². The second kappa shape index (κ2) is 9.21. The van der Waals surface area contributed by atoms with Crippen molar-refractivity contribution in [2.45, 2.75) is 19.3 Å². The third-order valence-electron chi connectivity index (χ3n) is 4.67. The van der Waals surface area contributed by atoms with Crippen molar-refractivity contribution in [1.82, 2.24) is 9.88 Å². The number of nitrogens with zero attached hydrogens (tertiary/aromatic N) is 3. The molecule has 0 spiro atoms. The van der Waals surface area contributed by atoms with Gasteiger partial charge >= 0.3 is 0 Å². The summed E-state index contributed by atoms with van der Waals surface area (Å²) in [4.78, 5) is 32.6. The molecule has 0 saturated carbocycles. The molecule has 0 aliphatic carbocycles. The molecule has 148 valence electrons. The van der Waals surface area contributed by atoms with Gasteiger partial charge in [0.1, 0.15) is 11.6 Å². The van der Waals surface area contributed by atoms with Gasteiger partial charge in [-0.1, -0.05) is 12.1 Å². The van der Waals surface area contributed by atoms with Gasteiger partial charge < -0.3 is 19.9 Å². The van der Waals surface area contributed by atoms with Gasteiger partial charge in [0.05, 0.1) is 17.4 Å². The van der Waals surface area contributed by atoms with Gasteiger partial charge in [-0.2, -0.15) is 0 Å². The third-order valence-corrected chi connectivity index (χ3v) is 4.67. The summed E-state index contributed by atoms with van der Waals surface area (Å²) in [6, 6.07) is 10.7. The predicted octanol–water partition coefficient (Wildman–Crippen LogP) is 2.79. The summed E-state index contributed by atoms with van der Waals surface area (Å²) in [7, 11) is 3.32. The van der Waals surface area contributed by atoms with E-state index in [4.69, 9.17) is 4.74 Å². The largest absolute Gasteiger partial charge is 0.483 e. The highest BCUT2D eigenvalue weighted by molar-refractivity contribution is 6.06. The van der Waals surface area contributed by atoms with Gasteiger partial charge in [0.2, 0.25) is 0 Å². The van der Waals surface area contributed by atoms with Crippen LogP contribution in [0.15, 0.2) is 42.6 Å². The van der Waals surface area contributed by atoms with E-state index in [9.17, 15) is 9.59 Å². The van der Waals surface area contributed by atoms with Gasteiger partial charge in [0, 0.05) is 27.2 Å². The minimum absolute atomic E-state index is 0.122. The average Bonchev–Trinajstić information content (AvgIpc) is 2.73. The lowest BCUT2D eigenvalue weighted by Crippen LogP contribution is -2.30. The molecule has 2 heterocycles. The van der Waals surface area contributed by atoms with Gasteiger partial charge in [-0.3, -0.25) is 9.59 Å². The Morgan fingerprint density at radius 1 is 1.11 bits per heavy atom. The Hall–Kier alpha value is -3.09. The molecule has 7 heteroatoms. The highest BCUT2D eigenvalue weighted by atomic mass is 16.5. The summed E-state index contributed by atoms with van der Waals surface area (Å²) in [5.41, 5.74) is 0.985. The molecular weight excluding hydrogens is 356 g/mol. The lowest BCUT2D eigenvalue weighted by molar-refractivity contribution is -0.130. The molecule has 1 aliphatic rings. The molecule has 1 N–H and O–H groups in total. The zero-order valence-electron chi connectivity index (χ0n) is 16.4. The zero-order valence-corrected chi connectivity index (χ0v) is 16.4. The van der Waals surface area contributed by atoms with Crippen LogP contribution in [0.25, 0.3) is 0 Å². The van der Waals surface area contributed by atoms with E-state index in [1.165, 1.54) is 24.2 Å². The van der Waals surface area contributed by atoms with Crippen molar-refractivity contribution in [3.05, 3.63) is 48.2 Å². The summed E-state index contributed by atoms with van der Waals surface area (Å²) in [5.74, 6) is 0.824. The number of nitrogens with one attached hydrogen (secondary N) is 1. The monoisotopic (exact) mass is 382 g/mol. The predicted molar refractivity (Wildman–Crippen MR) is 109 cm³/mol. The maximum atomic E-state index is 12.7. The lowest BCUT2D eigenvalue weighted by Gasteiger charge is -2.27. The van der Waals surface area contributed by atoms with Gasteiger partial charge in [-0.05, 0) is 43.5 Å². The van der Waals surface area contributed by atoms with Crippen LogP contribution >= 0.6 is 0 Å². The van der Waals surface area contributed by atoms with Crippen molar-refractivity contribution in [3.8, 4) is 5.75 Å². The molecule has 0 atom stereocenters. The van der Waals surface area contributed by atoms with E-state index in [0.29, 0.717) is 17.0 Å². The molecule has 2 amide bonds. The van der Waals surface area contributed by atoms with Crippen molar-refractivity contribution in [3.63, 3.8) is 0 Å². The first-order valence-electron chi connectivity index (χ1n) is 9.49. The van der Waals surface area contributed by atoms with Crippen molar-refractivity contribution in [2.75, 3.05) is 44.0 Å². The van der Waals surface area contributed by atoms with Crippen molar-refractivity contribution < 1.29 is 14.3 Å². The van der Waals surface area contributed by atoms with Crippen LogP contribution in [0.4, 0.5) is 11.5 Å². The molecule has 1 aromatic carbocycles. The number of aromatic nitrogens is 1. The van der Waals surface area contributed by atoms with Crippen LogP contribution in [0.3, 0.4) is 0 Å². The summed E-state index contributed by atoms with van der Waals surface area (Å²) >= 11 is 0. The van der Waals surface area contributed by atoms with E-state index in [1.54, 1.807) is 44.6 Å². The fraction of sp³-hybridized carbons (Fsp3) is 0.381. The van der Waals surface area contributed by atoms with E-state index in [0.717, 1.165) is 18.9 Å². The zero-order chi connectivity index (χ0) is 19.9. The van der Waals surface area contributed by atoms with E-state index >= 15 is 0 Å². The van der Waals surface area contributed by atoms with Gasteiger partial charge in [0.15, 0.2) is 6.61 Å². The smallest absolute Gasteiger partial charge is 0.259 e. The molecular formula is C21H26N4O3. The molecule has 7 nitrogen and oxygen atoms in total. The highest BCUT2D eigenvalue weighted by Crippen LogP contribution is 2.22. The molecule has 1 fully saturated rings. The Bertz CT molecular complexity index is 815. The minimum Gasteiger partial charge on any atom is -0.483 e. The normalized spacial score (nSPS) is 13.7. The van der Waals surface area contributed by atoms with Crippen LogP contribution in [-0.4, -0.2) is 55.5 Å². The number of ether oxygens (including phenoxy) is 1. The second-order valence-electron chi connectivity index (χ2n) is 6.98. The standard InChI is InChI=1S/C21H26N4O3/c1-24(2)20(26)15-28-18-9-5-4-8-17(18)21(27)23-16-10-11-19(22-14-16)25-12-6-3-7-13-25/h4-5,8-11,14H,3,6-7,12-13,15H2,1-2H3,(H,23,27). The Labute approximate surface area is 165 Å². The Balaban J connectivity index is 1.65. The van der Waals surface area contributed by atoms with E-state index in [2.05, 4.69) is 15.2 Å². The van der Waals surface area contributed by atoms with Crippen LogP contribution < -0.4 is 15.0 Å². The van der Waals surface area contributed by atoms with Crippen LogP contribution in [0.1, 0.15) is 29.6 Å². The number of pyridine rings is 1. The summed E-state index contributed by atoms with van der Waals surface area (Å²) in [6.45, 7) is 1.92. The maximum Gasteiger partial charge on any atom is 0.259 e. The molecule has 1 saturated heterocycles. The van der Waals surface area contributed by atoms with Crippen molar-refractivity contribution in [1.29, 1.82) is 0 Å². The van der Waals surface area contributed by atoms with E-state index in [-0.39, 0.29) is 18.4 Å². The quantitative estimate of drug-likeness (QED) is 0.832. The molecule has 0 bridgehead atoms. The topological polar surface area (TPSA) is 74.8 Å². The number of carbonyl (C=O) groups is 2. The molecule has 0 radical (unpaired) electrons. The first-order valence-corrected chi connectivity index (χ1v) is 9.49. The number of benzene rings is 1. The van der Waals surface area contributed by atoms with Gasteiger partial charge in [-0.25, -0.2) is 4.98 Å². The number of amides is 2. The highest BCUT2D eigenvalue weighted by Gasteiger charge is 2.15.